The molecule has 0 bridgehead atoms. The Kier molecular flexibility index (Phi) is 4.47. The van der Waals surface area contributed by atoms with Gasteiger partial charge in [0.15, 0.2) is 0 Å². The Labute approximate surface area is 73.9 Å². The van der Waals surface area contributed by atoms with Crippen LogP contribution in [-0.2, 0) is 4.74 Å². The van der Waals surface area contributed by atoms with E-state index in [1.54, 1.807) is 6.92 Å². The van der Waals surface area contributed by atoms with Crippen molar-refractivity contribution in [3.05, 3.63) is 0 Å². The molecule has 0 aromatic carbocycles. The van der Waals surface area contributed by atoms with Crippen molar-refractivity contribution in [2.75, 3.05) is 13.2 Å². The highest BCUT2D eigenvalue weighted by molar-refractivity contribution is 7.80. The number of thiocarbonyl (C=S) groups is 1. The van der Waals surface area contributed by atoms with Crippen LogP contribution in [0.1, 0.15) is 6.92 Å². The number of hydrogen-bond donors (Lipinski definition) is 1. The number of ether oxygens (including phenoxy) is 1. The highest BCUT2D eigenvalue weighted by atomic mass is 32.1. The maximum Gasteiger partial charge on any atom is 0.400 e. The molecule has 0 aliphatic rings. The summed E-state index contributed by atoms with van der Waals surface area (Å²) < 4.78 is 40.7. The number of alkyl halides is 3. The first-order valence-corrected chi connectivity index (χ1v) is 3.74. The Bertz CT molecular complexity index is 159. The van der Waals surface area contributed by atoms with Gasteiger partial charge >= 0.3 is 6.18 Å². The Balaban J connectivity index is 4.15. The van der Waals surface area contributed by atoms with Crippen LogP contribution in [0.25, 0.3) is 0 Å². The summed E-state index contributed by atoms with van der Waals surface area (Å²) in [7, 11) is 0. The predicted octanol–water partition coefficient (Wildman–Crippen LogP) is 1.49. The monoisotopic (exact) mass is 201 g/mol. The zero-order valence-electron chi connectivity index (χ0n) is 6.52. The molecule has 0 aliphatic heterocycles. The normalized spacial score (nSPS) is 14.3. The summed E-state index contributed by atoms with van der Waals surface area (Å²) in [5.41, 5.74) is 4.90. The van der Waals surface area contributed by atoms with Crippen molar-refractivity contribution in [1.82, 2.24) is 0 Å². The average Bonchev–Trinajstić information content (AvgIpc) is 1.84. The smallest absolute Gasteiger partial charge is 0.393 e. The molecule has 0 aromatic heterocycles. The minimum atomic E-state index is -4.40. The number of hydrogen-bond acceptors (Lipinski definition) is 2. The first-order chi connectivity index (χ1) is 5.39. The minimum Gasteiger partial charge on any atom is -0.393 e. The molecule has 0 saturated carbocycles. The van der Waals surface area contributed by atoms with Gasteiger partial charge in [-0.3, -0.25) is 0 Å². The van der Waals surface area contributed by atoms with Crippen molar-refractivity contribution in [3.63, 3.8) is 0 Å². The fourth-order valence-electron chi connectivity index (χ4n) is 0.574. The van der Waals surface area contributed by atoms with Gasteiger partial charge in [-0.05, 0) is 6.92 Å². The van der Waals surface area contributed by atoms with Crippen molar-refractivity contribution in [2.45, 2.75) is 13.1 Å². The number of rotatable bonds is 4. The number of halogens is 3. The Morgan fingerprint density at radius 2 is 2.08 bits per heavy atom. The van der Waals surface area contributed by atoms with E-state index in [-0.39, 0.29) is 6.61 Å². The third-order valence-corrected chi connectivity index (χ3v) is 1.51. The van der Waals surface area contributed by atoms with Crippen LogP contribution in [0.4, 0.5) is 13.2 Å². The van der Waals surface area contributed by atoms with Gasteiger partial charge in [-0.25, -0.2) is 0 Å². The molecule has 1 unspecified atom stereocenters. The second kappa shape index (κ2) is 4.61. The van der Waals surface area contributed by atoms with Gasteiger partial charge in [0.05, 0.1) is 11.6 Å². The van der Waals surface area contributed by atoms with E-state index in [0.717, 1.165) is 0 Å². The summed E-state index contributed by atoms with van der Waals surface area (Å²) in [6.45, 7) is 1.33. The lowest BCUT2D eigenvalue weighted by Crippen LogP contribution is -2.37. The highest BCUT2D eigenvalue weighted by Gasteiger charge is 2.41. The van der Waals surface area contributed by atoms with Gasteiger partial charge < -0.3 is 10.5 Å². The lowest BCUT2D eigenvalue weighted by Gasteiger charge is -2.18. The van der Waals surface area contributed by atoms with Crippen LogP contribution in [0, 0.1) is 5.92 Å². The standard InChI is InChI=1S/C6H10F3NOS/c1-2-11-3-4(5(10)12)6(7,8)9/h4H,2-3H2,1H3,(H2,10,12). The largest absolute Gasteiger partial charge is 0.400 e. The molecule has 0 spiro atoms. The van der Waals surface area contributed by atoms with Crippen LogP contribution in [0.2, 0.25) is 0 Å². The molecule has 0 aliphatic carbocycles. The maximum atomic E-state index is 12.0. The van der Waals surface area contributed by atoms with Crippen molar-refractivity contribution in [1.29, 1.82) is 0 Å². The fraction of sp³-hybridized carbons (Fsp3) is 0.833. The lowest BCUT2D eigenvalue weighted by atomic mass is 10.1. The molecule has 0 heterocycles. The molecule has 0 saturated heterocycles. The summed E-state index contributed by atoms with van der Waals surface area (Å²) in [5.74, 6) is -1.83. The van der Waals surface area contributed by atoms with E-state index in [1.165, 1.54) is 0 Å². The quantitative estimate of drug-likeness (QED) is 0.700. The molecule has 0 rings (SSSR count). The van der Waals surface area contributed by atoms with Gasteiger partial charge in [0, 0.05) is 6.61 Å². The zero-order chi connectivity index (χ0) is 9.78. The topological polar surface area (TPSA) is 35.2 Å². The molecule has 2 N–H and O–H groups in total. The molecule has 1 atom stereocenters. The zero-order valence-corrected chi connectivity index (χ0v) is 7.34. The molecular weight excluding hydrogens is 191 g/mol. The summed E-state index contributed by atoms with van der Waals surface area (Å²) in [5, 5.41) is 0. The SMILES string of the molecule is CCOCC(C(N)=S)C(F)(F)F. The summed E-state index contributed by atoms with van der Waals surface area (Å²) in [6.07, 6.45) is -4.40. The Morgan fingerprint density at radius 3 is 2.33 bits per heavy atom. The first-order valence-electron chi connectivity index (χ1n) is 3.33. The molecule has 0 radical (unpaired) electrons. The molecule has 72 valence electrons. The summed E-state index contributed by atoms with van der Waals surface area (Å²) in [4.78, 5) is -0.573. The fourth-order valence-corrected chi connectivity index (χ4v) is 0.775. The van der Waals surface area contributed by atoms with Gasteiger partial charge in [0.2, 0.25) is 0 Å². The van der Waals surface area contributed by atoms with E-state index in [2.05, 4.69) is 17.0 Å². The van der Waals surface area contributed by atoms with Gasteiger partial charge in [-0.2, -0.15) is 13.2 Å². The van der Waals surface area contributed by atoms with E-state index in [0.29, 0.717) is 0 Å². The van der Waals surface area contributed by atoms with Crippen molar-refractivity contribution in [3.8, 4) is 0 Å². The third-order valence-electron chi connectivity index (χ3n) is 1.23. The maximum absolute atomic E-state index is 12.0. The molecule has 0 fully saturated rings. The van der Waals surface area contributed by atoms with E-state index in [9.17, 15) is 13.2 Å². The van der Waals surface area contributed by atoms with Gasteiger partial charge in [0.25, 0.3) is 0 Å². The van der Waals surface area contributed by atoms with E-state index >= 15 is 0 Å². The molecule has 12 heavy (non-hydrogen) atoms. The van der Waals surface area contributed by atoms with Crippen molar-refractivity contribution >= 4 is 17.2 Å². The second-order valence-electron chi connectivity index (χ2n) is 2.16. The van der Waals surface area contributed by atoms with E-state index in [1.807, 2.05) is 0 Å². The molecule has 6 heteroatoms. The Morgan fingerprint density at radius 1 is 1.58 bits per heavy atom. The highest BCUT2D eigenvalue weighted by Crippen LogP contribution is 2.26. The number of nitrogens with two attached hydrogens (primary N) is 1. The third kappa shape index (κ3) is 3.87. The molecule has 0 amide bonds. The second-order valence-corrected chi connectivity index (χ2v) is 2.63. The van der Waals surface area contributed by atoms with Crippen LogP contribution >= 0.6 is 12.2 Å². The summed E-state index contributed by atoms with van der Waals surface area (Å²) in [6, 6.07) is 0. The minimum absolute atomic E-state index is 0.217. The van der Waals surface area contributed by atoms with Crippen LogP contribution in [-0.4, -0.2) is 24.4 Å². The average molecular weight is 201 g/mol. The predicted molar refractivity (Wildman–Crippen MR) is 42.8 cm³/mol. The summed E-state index contributed by atoms with van der Waals surface area (Å²) >= 11 is 4.26. The van der Waals surface area contributed by atoms with Crippen molar-refractivity contribution < 1.29 is 17.9 Å². The molecule has 0 aromatic rings. The van der Waals surface area contributed by atoms with Gasteiger partial charge in [-0.1, -0.05) is 12.2 Å². The van der Waals surface area contributed by atoms with E-state index < -0.39 is 23.7 Å². The van der Waals surface area contributed by atoms with Gasteiger partial charge in [-0.15, -0.1) is 0 Å². The van der Waals surface area contributed by atoms with Crippen LogP contribution < -0.4 is 5.73 Å². The first kappa shape index (κ1) is 11.6. The molecule has 2 nitrogen and oxygen atoms in total. The van der Waals surface area contributed by atoms with Crippen LogP contribution in [0.3, 0.4) is 0 Å². The van der Waals surface area contributed by atoms with Crippen molar-refractivity contribution in [2.24, 2.45) is 11.7 Å². The Hall–Kier alpha value is -0.360. The van der Waals surface area contributed by atoms with Crippen LogP contribution in [0.5, 0.6) is 0 Å². The molecular formula is C6H10F3NOS. The van der Waals surface area contributed by atoms with Gasteiger partial charge in [0.1, 0.15) is 5.92 Å². The van der Waals surface area contributed by atoms with E-state index in [4.69, 9.17) is 5.73 Å². The lowest BCUT2D eigenvalue weighted by molar-refractivity contribution is -0.167. The van der Waals surface area contributed by atoms with Crippen LogP contribution in [0.15, 0.2) is 0 Å².